The van der Waals surface area contributed by atoms with Crippen LogP contribution in [0.2, 0.25) is 0 Å². The Bertz CT molecular complexity index is 1930. The van der Waals surface area contributed by atoms with Crippen molar-refractivity contribution >= 4 is 41.4 Å². The van der Waals surface area contributed by atoms with Gasteiger partial charge in [-0.05, 0) is 131 Å². The number of carbonyl (C=O) groups excluding carboxylic acids is 3. The molecule has 0 N–H and O–H groups in total. The molecule has 5 aromatic rings. The Morgan fingerprint density at radius 1 is 0.542 bits per heavy atom. The van der Waals surface area contributed by atoms with E-state index in [1.165, 1.54) is 6.08 Å². The fourth-order valence-corrected chi connectivity index (χ4v) is 10.5. The molecule has 0 bridgehead atoms. The summed E-state index contributed by atoms with van der Waals surface area (Å²) in [6.07, 6.45) is 3.48. The maximum atomic E-state index is 14.0. The molecule has 310 valence electrons. The van der Waals surface area contributed by atoms with E-state index in [9.17, 15) is 14.4 Å². The number of benzene rings is 5. The fraction of sp³-hybridized carbons (Fsp3) is 0.271. The van der Waals surface area contributed by atoms with Crippen molar-refractivity contribution in [3.63, 3.8) is 0 Å². The molecule has 0 amide bonds. The first-order valence-electron chi connectivity index (χ1n) is 19.4. The molecule has 5 aromatic carbocycles. The van der Waals surface area contributed by atoms with Crippen LogP contribution < -0.4 is 51.8 Å². The van der Waals surface area contributed by atoms with Gasteiger partial charge in [0.25, 0.3) is 0 Å². The zero-order valence-corrected chi connectivity index (χ0v) is 36.3. The van der Waals surface area contributed by atoms with E-state index in [1.54, 1.807) is 75.8 Å². The molecule has 5 rings (SSSR count). The third-order valence-electron chi connectivity index (χ3n) is 9.62. The maximum Gasteiger partial charge on any atom is 0.345 e. The number of hydrogen-bond donors (Lipinski definition) is 0. The molecule has 59 heavy (non-hydrogen) atoms. The summed E-state index contributed by atoms with van der Waals surface area (Å²) in [5, 5.41) is 3.30. The lowest BCUT2D eigenvalue weighted by Gasteiger charge is -2.27. The van der Waals surface area contributed by atoms with Crippen molar-refractivity contribution in [1.29, 1.82) is 0 Å². The van der Waals surface area contributed by atoms with Crippen LogP contribution in [0.5, 0.6) is 23.0 Å². The molecule has 0 spiro atoms. The number of esters is 2. The van der Waals surface area contributed by atoms with Crippen LogP contribution in [0.1, 0.15) is 39.5 Å². The summed E-state index contributed by atoms with van der Waals surface area (Å²) in [6, 6.07) is 44.8. The molecule has 9 nitrogen and oxygen atoms in total. The fourth-order valence-electron chi connectivity index (χ4n) is 6.57. The van der Waals surface area contributed by atoms with Crippen LogP contribution >= 0.6 is 7.26 Å². The topological polar surface area (TPSA) is 107 Å². The van der Waals surface area contributed by atoms with E-state index in [1.807, 2.05) is 61.5 Å². The summed E-state index contributed by atoms with van der Waals surface area (Å²) in [6.45, 7) is 3.65. The SMILES string of the molecule is COc1ccc(O[C@@H](C=O)CC[C@H](C)OC(=O)/C=C/[C@@H](CC[C@H](C)OC(=O)C[P+](c2ccccc2)(c2ccccc2)c2ccccc2)Oc2ccc(OC)cc2)cc1.[Br-]. The van der Waals surface area contributed by atoms with Crippen LogP contribution in [0.3, 0.4) is 0 Å². The number of rotatable bonds is 22. The minimum Gasteiger partial charge on any atom is -1.00 e. The largest absolute Gasteiger partial charge is 1.00 e. The monoisotopic (exact) mass is 882 g/mol. The molecule has 0 radical (unpaired) electrons. The second-order valence-electron chi connectivity index (χ2n) is 13.8. The van der Waals surface area contributed by atoms with Gasteiger partial charge in [0.15, 0.2) is 18.6 Å². The lowest BCUT2D eigenvalue weighted by Crippen LogP contribution is -3.00. The summed E-state index contributed by atoms with van der Waals surface area (Å²) in [4.78, 5) is 38.7. The van der Waals surface area contributed by atoms with E-state index in [0.717, 1.165) is 22.2 Å². The summed E-state index contributed by atoms with van der Waals surface area (Å²) in [7, 11) is 0.747. The van der Waals surface area contributed by atoms with Crippen molar-refractivity contribution in [2.45, 2.75) is 63.9 Å². The van der Waals surface area contributed by atoms with Gasteiger partial charge < -0.3 is 45.4 Å². The highest BCUT2D eigenvalue weighted by molar-refractivity contribution is 7.96. The van der Waals surface area contributed by atoms with Gasteiger partial charge in [0.05, 0.1) is 26.4 Å². The first-order valence-corrected chi connectivity index (χ1v) is 21.4. The van der Waals surface area contributed by atoms with Crippen LogP contribution in [0, 0.1) is 0 Å². The average Bonchev–Trinajstić information content (AvgIpc) is 3.26. The first-order chi connectivity index (χ1) is 28.2. The van der Waals surface area contributed by atoms with E-state index < -0.39 is 37.6 Å². The zero-order chi connectivity index (χ0) is 41.2. The maximum absolute atomic E-state index is 14.0. The molecule has 0 aliphatic heterocycles. The van der Waals surface area contributed by atoms with Crippen molar-refractivity contribution in [3.8, 4) is 23.0 Å². The normalized spacial score (nSPS) is 13.2. The van der Waals surface area contributed by atoms with Gasteiger partial charge in [-0.3, -0.25) is 4.79 Å². The van der Waals surface area contributed by atoms with Crippen molar-refractivity contribution in [3.05, 3.63) is 152 Å². The number of halogens is 1. The third kappa shape index (κ3) is 13.8. The summed E-state index contributed by atoms with van der Waals surface area (Å²) in [5.41, 5.74) is 0. The second kappa shape index (κ2) is 23.8. The predicted molar refractivity (Wildman–Crippen MR) is 230 cm³/mol. The van der Waals surface area contributed by atoms with Crippen LogP contribution in [-0.2, 0) is 23.9 Å². The van der Waals surface area contributed by atoms with Crippen LogP contribution in [0.15, 0.2) is 152 Å². The van der Waals surface area contributed by atoms with Gasteiger partial charge in [0.1, 0.15) is 52.3 Å². The van der Waals surface area contributed by atoms with Crippen molar-refractivity contribution < 1.29 is 59.8 Å². The predicted octanol–water partition coefficient (Wildman–Crippen LogP) is 5.08. The van der Waals surface area contributed by atoms with Gasteiger partial charge in [0.2, 0.25) is 0 Å². The van der Waals surface area contributed by atoms with Crippen LogP contribution in [-0.4, -0.2) is 63.0 Å². The molecule has 0 fully saturated rings. The average molecular weight is 884 g/mol. The molecule has 0 aliphatic rings. The standard InChI is InChI=1S/C48H52O9P.BrH/c1-36(21-23-43(34-49)57-42-30-26-39(53-4)27-31-42)54-47(50)33-32-40(56-41-28-24-38(52-3)25-29-41)22-20-37(2)55-48(51)35-58(44-14-8-5-9-15-44,45-16-10-6-11-17-45)46-18-12-7-13-19-46;/h5-19,24-34,36-37,40,43H,20-23,35H2,1-4H3;1H/q+1;/p-1/b33-32+;/t36-,37-,40+,43+;/m0./s1. The summed E-state index contributed by atoms with van der Waals surface area (Å²) >= 11 is 0. The Balaban J connectivity index is 0.00000769. The quantitative estimate of drug-likeness (QED) is 0.0408. The van der Waals surface area contributed by atoms with E-state index in [-0.39, 0.29) is 29.1 Å². The van der Waals surface area contributed by atoms with Gasteiger partial charge in [0, 0.05) is 6.08 Å². The minimum atomic E-state index is -2.42. The smallest absolute Gasteiger partial charge is 0.345 e. The minimum absolute atomic E-state index is 0. The van der Waals surface area contributed by atoms with Crippen molar-refractivity contribution in [2.24, 2.45) is 0 Å². The Morgan fingerprint density at radius 3 is 1.36 bits per heavy atom. The Kier molecular flexibility index (Phi) is 18.7. The molecule has 0 saturated carbocycles. The lowest BCUT2D eigenvalue weighted by atomic mass is 10.1. The zero-order valence-electron chi connectivity index (χ0n) is 33.9. The molecular formula is C48H52BrO9P. The molecular weight excluding hydrogens is 831 g/mol. The van der Waals surface area contributed by atoms with Gasteiger partial charge in [-0.1, -0.05) is 54.6 Å². The molecule has 0 aliphatic carbocycles. The van der Waals surface area contributed by atoms with Crippen LogP contribution in [0.4, 0.5) is 0 Å². The third-order valence-corrected chi connectivity index (χ3v) is 13.9. The Morgan fingerprint density at radius 2 is 0.932 bits per heavy atom. The Labute approximate surface area is 358 Å². The van der Waals surface area contributed by atoms with E-state index in [4.69, 9.17) is 28.4 Å². The number of hydrogen-bond acceptors (Lipinski definition) is 9. The van der Waals surface area contributed by atoms with Crippen LogP contribution in [0.25, 0.3) is 0 Å². The van der Waals surface area contributed by atoms with Gasteiger partial charge in [-0.2, -0.15) is 0 Å². The van der Waals surface area contributed by atoms with E-state index in [2.05, 4.69) is 36.4 Å². The van der Waals surface area contributed by atoms with E-state index >= 15 is 0 Å². The van der Waals surface area contributed by atoms with Gasteiger partial charge in [-0.25, -0.2) is 9.59 Å². The highest BCUT2D eigenvalue weighted by Crippen LogP contribution is 2.55. The van der Waals surface area contributed by atoms with E-state index in [0.29, 0.717) is 48.7 Å². The lowest BCUT2D eigenvalue weighted by molar-refractivity contribution is -0.145. The molecule has 0 aromatic heterocycles. The first kappa shape index (κ1) is 46.3. The Hall–Kier alpha value is -5.44. The summed E-state index contributed by atoms with van der Waals surface area (Å²) in [5.74, 6) is 1.66. The molecule has 11 heteroatoms. The van der Waals surface area contributed by atoms with Gasteiger partial charge >= 0.3 is 11.9 Å². The number of carbonyl (C=O) groups is 3. The van der Waals surface area contributed by atoms with Gasteiger partial charge in [-0.15, -0.1) is 0 Å². The van der Waals surface area contributed by atoms with Crippen molar-refractivity contribution in [2.75, 3.05) is 20.4 Å². The molecule has 0 unspecified atom stereocenters. The second-order valence-corrected chi connectivity index (χ2v) is 17.3. The molecule has 0 heterocycles. The highest BCUT2D eigenvalue weighted by Gasteiger charge is 2.48. The summed E-state index contributed by atoms with van der Waals surface area (Å²) < 4.78 is 34.3. The number of ether oxygens (including phenoxy) is 6. The molecule has 4 atom stereocenters. The van der Waals surface area contributed by atoms with Crippen molar-refractivity contribution in [1.82, 2.24) is 0 Å². The number of methoxy groups -OCH3 is 2. The number of aldehydes is 1. The highest BCUT2D eigenvalue weighted by atomic mass is 79.9. The molecule has 0 saturated heterocycles.